The summed E-state index contributed by atoms with van der Waals surface area (Å²) in [4.78, 5) is 24.1. The molecule has 21 heavy (non-hydrogen) atoms. The van der Waals surface area contributed by atoms with E-state index in [0.29, 0.717) is 5.56 Å². The minimum absolute atomic E-state index is 0.326. The molecule has 0 heterocycles. The molecule has 0 atom stereocenters. The third-order valence-electron chi connectivity index (χ3n) is 5.16. The lowest BCUT2D eigenvalue weighted by Crippen LogP contribution is -2.59. The average Bonchev–Trinajstić information content (AvgIpc) is 2.55. The summed E-state index contributed by atoms with van der Waals surface area (Å²) >= 11 is 0. The monoisotopic (exact) mass is 287 g/mol. The second-order valence-corrected chi connectivity index (χ2v) is 6.29. The molecule has 0 aliphatic heterocycles. The number of nitroso groups, excluding NO2 is 1. The summed E-state index contributed by atoms with van der Waals surface area (Å²) in [5.74, 6) is -0.326. The number of hydrogen-bond donors (Lipinski definition) is 0. The first-order chi connectivity index (χ1) is 10.2. The molecule has 0 amide bonds. The molecule has 0 N–H and O–H groups in total. The second-order valence-electron chi connectivity index (χ2n) is 6.29. The molecule has 0 unspecified atom stereocenters. The Labute approximate surface area is 124 Å². The van der Waals surface area contributed by atoms with Crippen molar-refractivity contribution in [3.63, 3.8) is 0 Å². The van der Waals surface area contributed by atoms with Gasteiger partial charge in [0.25, 0.3) is 0 Å². The molecule has 112 valence electrons. The molecule has 4 nitrogen and oxygen atoms in total. The van der Waals surface area contributed by atoms with Gasteiger partial charge in [-0.05, 0) is 50.7 Å². The van der Waals surface area contributed by atoms with E-state index in [4.69, 9.17) is 4.74 Å². The van der Waals surface area contributed by atoms with Crippen LogP contribution in [0.25, 0.3) is 0 Å². The van der Waals surface area contributed by atoms with Gasteiger partial charge in [-0.3, -0.25) is 0 Å². The van der Waals surface area contributed by atoms with E-state index in [2.05, 4.69) is 5.18 Å². The molecule has 2 saturated carbocycles. The van der Waals surface area contributed by atoms with Crippen molar-refractivity contribution in [2.24, 2.45) is 5.18 Å². The van der Waals surface area contributed by atoms with Crippen molar-refractivity contribution in [1.82, 2.24) is 0 Å². The summed E-state index contributed by atoms with van der Waals surface area (Å²) < 4.78 is 5.93. The van der Waals surface area contributed by atoms with Gasteiger partial charge in [-0.2, -0.15) is 4.91 Å². The second kappa shape index (κ2) is 5.58. The van der Waals surface area contributed by atoms with Crippen LogP contribution in [0, 0.1) is 4.91 Å². The number of ether oxygens (including phenoxy) is 1. The molecular weight excluding hydrogens is 266 g/mol. The Morgan fingerprint density at radius 1 is 0.952 bits per heavy atom. The predicted octanol–water partition coefficient (Wildman–Crippen LogP) is 4.24. The van der Waals surface area contributed by atoms with Crippen LogP contribution in [-0.4, -0.2) is 17.1 Å². The highest BCUT2D eigenvalue weighted by molar-refractivity contribution is 5.89. The minimum Gasteiger partial charge on any atom is -0.453 e. The summed E-state index contributed by atoms with van der Waals surface area (Å²) in [6.07, 6.45) is 7.01. The number of rotatable bonds is 3. The largest absolute Gasteiger partial charge is 0.453 e. The highest BCUT2D eigenvalue weighted by Crippen LogP contribution is 2.51. The van der Waals surface area contributed by atoms with Crippen LogP contribution in [0.15, 0.2) is 35.5 Å². The first kappa shape index (κ1) is 14.2. The van der Waals surface area contributed by atoms with E-state index >= 15 is 0 Å². The lowest BCUT2D eigenvalue weighted by molar-refractivity contribution is -0.105. The van der Waals surface area contributed by atoms with Crippen LogP contribution in [0.5, 0.6) is 0 Å². The van der Waals surface area contributed by atoms with Gasteiger partial charge in [-0.25, -0.2) is 4.79 Å². The van der Waals surface area contributed by atoms with Crippen molar-refractivity contribution >= 4 is 5.97 Å². The fraction of sp³-hybridized carbons (Fsp3) is 0.588. The normalized spacial score (nSPS) is 32.0. The zero-order chi connectivity index (χ0) is 14.8. The summed E-state index contributed by atoms with van der Waals surface area (Å²) in [5.41, 5.74) is -0.839. The molecule has 1 aromatic carbocycles. The Bertz CT molecular complexity index is 514. The van der Waals surface area contributed by atoms with Gasteiger partial charge < -0.3 is 4.74 Å². The van der Waals surface area contributed by atoms with Gasteiger partial charge in [0.05, 0.1) is 5.56 Å². The molecule has 0 spiro atoms. The molecular formula is C17H21NO3. The Hall–Kier alpha value is -1.71. The lowest BCUT2D eigenvalue weighted by atomic mass is 9.62. The average molecular weight is 287 g/mol. The molecule has 1 aromatic rings. The van der Waals surface area contributed by atoms with Crippen molar-refractivity contribution in [3.8, 4) is 0 Å². The highest BCUT2D eigenvalue weighted by Gasteiger charge is 2.58. The van der Waals surface area contributed by atoms with Gasteiger partial charge in [-0.15, -0.1) is 0 Å². The zero-order valence-corrected chi connectivity index (χ0v) is 12.2. The van der Waals surface area contributed by atoms with Crippen molar-refractivity contribution in [1.29, 1.82) is 0 Å². The maximum atomic E-state index is 12.5. The van der Waals surface area contributed by atoms with Gasteiger partial charge in [0.2, 0.25) is 0 Å². The number of carbonyl (C=O) groups excluding carboxylic acids is 1. The topological polar surface area (TPSA) is 55.7 Å². The molecule has 4 heteroatoms. The van der Waals surface area contributed by atoms with Crippen LogP contribution in [-0.2, 0) is 4.74 Å². The lowest BCUT2D eigenvalue weighted by Gasteiger charge is -2.51. The first-order valence-corrected chi connectivity index (χ1v) is 7.84. The van der Waals surface area contributed by atoms with E-state index < -0.39 is 11.1 Å². The maximum absolute atomic E-state index is 12.5. The van der Waals surface area contributed by atoms with Crippen LogP contribution in [0.3, 0.4) is 0 Å². The highest BCUT2D eigenvalue weighted by atomic mass is 16.6. The minimum atomic E-state index is -0.700. The van der Waals surface area contributed by atoms with Gasteiger partial charge in [0.1, 0.15) is 11.1 Å². The molecule has 2 aliphatic rings. The third kappa shape index (κ3) is 2.37. The van der Waals surface area contributed by atoms with Gasteiger partial charge in [-0.1, -0.05) is 36.2 Å². The van der Waals surface area contributed by atoms with Crippen LogP contribution < -0.4 is 0 Å². The number of benzene rings is 1. The van der Waals surface area contributed by atoms with Crippen LogP contribution >= 0.6 is 0 Å². The smallest absolute Gasteiger partial charge is 0.338 e. The Morgan fingerprint density at radius 3 is 2.10 bits per heavy atom. The predicted molar refractivity (Wildman–Crippen MR) is 80.1 cm³/mol. The summed E-state index contributed by atoms with van der Waals surface area (Å²) in [6, 6.07) is 9.01. The summed E-state index contributed by atoms with van der Waals surface area (Å²) in [6.45, 7) is 0. The zero-order valence-electron chi connectivity index (χ0n) is 12.2. The van der Waals surface area contributed by atoms with E-state index in [1.165, 1.54) is 0 Å². The van der Waals surface area contributed by atoms with Gasteiger partial charge in [0.15, 0.2) is 0 Å². The van der Waals surface area contributed by atoms with E-state index in [0.717, 1.165) is 51.4 Å². The molecule has 0 saturated heterocycles. The summed E-state index contributed by atoms with van der Waals surface area (Å²) in [5, 5.41) is 3.49. The van der Waals surface area contributed by atoms with E-state index in [1.54, 1.807) is 12.1 Å². The molecule has 2 aliphatic carbocycles. The van der Waals surface area contributed by atoms with Crippen molar-refractivity contribution in [2.45, 2.75) is 62.5 Å². The van der Waals surface area contributed by atoms with Crippen molar-refractivity contribution in [2.75, 3.05) is 0 Å². The Balaban J connectivity index is 1.89. The summed E-state index contributed by atoms with van der Waals surface area (Å²) in [7, 11) is 0. The number of esters is 1. The molecule has 0 radical (unpaired) electrons. The molecule has 3 rings (SSSR count). The molecule has 0 bridgehead atoms. The van der Waals surface area contributed by atoms with E-state index in [9.17, 15) is 9.70 Å². The maximum Gasteiger partial charge on any atom is 0.338 e. The number of fused-ring (bicyclic) bond motifs is 1. The molecule has 0 aromatic heterocycles. The Morgan fingerprint density at radius 2 is 1.52 bits per heavy atom. The van der Waals surface area contributed by atoms with E-state index in [1.807, 2.05) is 18.2 Å². The van der Waals surface area contributed by atoms with E-state index in [-0.39, 0.29) is 5.97 Å². The van der Waals surface area contributed by atoms with Crippen molar-refractivity contribution in [3.05, 3.63) is 40.8 Å². The number of hydrogen-bond acceptors (Lipinski definition) is 4. The SMILES string of the molecule is O=NC12CCCCC1(OC(=O)c1ccccc1)CCCC2. The number of carbonyl (C=O) groups is 1. The quantitative estimate of drug-likeness (QED) is 0.617. The van der Waals surface area contributed by atoms with Gasteiger partial charge in [0, 0.05) is 0 Å². The molecule has 2 fully saturated rings. The van der Waals surface area contributed by atoms with Crippen LogP contribution in [0.1, 0.15) is 61.7 Å². The first-order valence-electron chi connectivity index (χ1n) is 7.84. The fourth-order valence-corrected chi connectivity index (χ4v) is 4.01. The standard InChI is InChI=1S/C17H21NO3/c19-15(14-8-2-1-3-9-14)21-17-12-6-4-10-16(17,18-20)11-5-7-13-17/h1-3,8-9H,4-7,10-13H2. The fourth-order valence-electron chi connectivity index (χ4n) is 4.01. The Kier molecular flexibility index (Phi) is 3.79. The third-order valence-corrected chi connectivity index (χ3v) is 5.16. The van der Waals surface area contributed by atoms with Crippen LogP contribution in [0.4, 0.5) is 0 Å². The van der Waals surface area contributed by atoms with Gasteiger partial charge >= 0.3 is 5.97 Å². The van der Waals surface area contributed by atoms with Crippen LogP contribution in [0.2, 0.25) is 0 Å². The number of nitrogens with zero attached hydrogens (tertiary/aromatic N) is 1. The van der Waals surface area contributed by atoms with Crippen molar-refractivity contribution < 1.29 is 9.53 Å².